The van der Waals surface area contributed by atoms with Crippen LogP contribution >= 0.6 is 0 Å². The zero-order valence-corrected chi connectivity index (χ0v) is 13.6. The third-order valence-electron chi connectivity index (χ3n) is 4.43. The normalized spacial score (nSPS) is 22.5. The molecule has 0 aliphatic carbocycles. The Hall–Kier alpha value is -2.78. The molecule has 10 heteroatoms. The standard InChI is InChI=1S/C14H20N8O2/c1-9-3-15-13-11(4-16-19(13)6-9)18-12-5-17-20-7-10(2)8-21(14(12)20)22(23)24/h4-5,9-10,15,18H,3,6-8H2,1-2H3. The molecule has 2 aromatic rings. The van der Waals surface area contributed by atoms with Crippen LogP contribution in [0.5, 0.6) is 0 Å². The fourth-order valence-corrected chi connectivity index (χ4v) is 3.33. The molecule has 0 bridgehead atoms. The van der Waals surface area contributed by atoms with Crippen LogP contribution in [0, 0.1) is 22.0 Å². The summed E-state index contributed by atoms with van der Waals surface area (Å²) in [6.07, 6.45) is 3.38. The second-order valence-corrected chi connectivity index (χ2v) is 6.69. The molecule has 10 nitrogen and oxygen atoms in total. The van der Waals surface area contributed by atoms with E-state index >= 15 is 0 Å². The summed E-state index contributed by atoms with van der Waals surface area (Å²) < 4.78 is 3.60. The van der Waals surface area contributed by atoms with Gasteiger partial charge in [0.2, 0.25) is 5.82 Å². The molecule has 2 unspecified atom stereocenters. The summed E-state index contributed by atoms with van der Waals surface area (Å²) in [7, 11) is 0. The first-order valence-electron chi connectivity index (χ1n) is 8.07. The quantitative estimate of drug-likeness (QED) is 0.648. The molecule has 0 saturated heterocycles. The van der Waals surface area contributed by atoms with Crippen molar-refractivity contribution in [2.75, 3.05) is 28.7 Å². The maximum atomic E-state index is 11.4. The Labute approximate surface area is 138 Å². The summed E-state index contributed by atoms with van der Waals surface area (Å²) in [4.78, 5) is 11.4. The fourth-order valence-electron chi connectivity index (χ4n) is 3.33. The van der Waals surface area contributed by atoms with Crippen molar-refractivity contribution in [1.82, 2.24) is 19.6 Å². The average molecular weight is 332 g/mol. The predicted molar refractivity (Wildman–Crippen MR) is 88.9 cm³/mol. The van der Waals surface area contributed by atoms with Gasteiger partial charge in [0.15, 0.2) is 5.03 Å². The fraction of sp³-hybridized carbons (Fsp3) is 0.571. The lowest BCUT2D eigenvalue weighted by atomic mass is 10.1. The van der Waals surface area contributed by atoms with E-state index in [1.54, 1.807) is 17.1 Å². The molecule has 24 heavy (non-hydrogen) atoms. The van der Waals surface area contributed by atoms with Crippen molar-refractivity contribution in [2.45, 2.75) is 26.9 Å². The highest BCUT2D eigenvalue weighted by Crippen LogP contribution is 2.35. The van der Waals surface area contributed by atoms with Crippen LogP contribution in [0.3, 0.4) is 0 Å². The lowest BCUT2D eigenvalue weighted by Gasteiger charge is -2.26. The molecular formula is C14H20N8O2. The number of anilines is 4. The number of nitrogens with one attached hydrogen (secondary N) is 2. The number of rotatable bonds is 3. The van der Waals surface area contributed by atoms with Crippen LogP contribution in [0.15, 0.2) is 12.4 Å². The van der Waals surface area contributed by atoms with Gasteiger partial charge < -0.3 is 10.6 Å². The second kappa shape index (κ2) is 5.39. The number of hydrogen-bond acceptors (Lipinski definition) is 6. The van der Waals surface area contributed by atoms with Crippen LogP contribution in [0.2, 0.25) is 0 Å². The maximum absolute atomic E-state index is 11.4. The van der Waals surface area contributed by atoms with Gasteiger partial charge in [0.05, 0.1) is 18.9 Å². The van der Waals surface area contributed by atoms with Crippen molar-refractivity contribution in [3.05, 3.63) is 22.5 Å². The molecule has 0 amide bonds. The molecule has 2 aliphatic heterocycles. The topological polar surface area (TPSA) is 106 Å². The van der Waals surface area contributed by atoms with Crippen LogP contribution in [-0.2, 0) is 13.1 Å². The van der Waals surface area contributed by atoms with Gasteiger partial charge in [0.25, 0.3) is 0 Å². The van der Waals surface area contributed by atoms with Crippen LogP contribution in [0.25, 0.3) is 0 Å². The summed E-state index contributed by atoms with van der Waals surface area (Å²) in [5.41, 5.74) is 1.43. The van der Waals surface area contributed by atoms with Gasteiger partial charge in [-0.05, 0) is 11.8 Å². The van der Waals surface area contributed by atoms with E-state index in [0.717, 1.165) is 29.6 Å². The van der Waals surface area contributed by atoms with Gasteiger partial charge in [-0.25, -0.2) is 19.5 Å². The molecule has 2 aromatic heterocycles. The van der Waals surface area contributed by atoms with Crippen molar-refractivity contribution in [3.63, 3.8) is 0 Å². The first-order chi connectivity index (χ1) is 11.5. The minimum Gasteiger partial charge on any atom is -0.368 e. The molecule has 0 saturated carbocycles. The molecule has 0 aromatic carbocycles. The van der Waals surface area contributed by atoms with Gasteiger partial charge >= 0.3 is 0 Å². The molecule has 0 fully saturated rings. The molecular weight excluding hydrogens is 312 g/mol. The second-order valence-electron chi connectivity index (χ2n) is 6.69. The van der Waals surface area contributed by atoms with Crippen LogP contribution in [0.4, 0.5) is 23.0 Å². The summed E-state index contributed by atoms with van der Waals surface area (Å²) in [6.45, 7) is 6.92. The first-order valence-corrected chi connectivity index (χ1v) is 8.07. The van der Waals surface area contributed by atoms with E-state index in [0.29, 0.717) is 30.5 Å². The molecule has 2 atom stereocenters. The molecule has 2 aliphatic rings. The minimum atomic E-state index is -0.373. The van der Waals surface area contributed by atoms with Gasteiger partial charge in [0.1, 0.15) is 17.2 Å². The van der Waals surface area contributed by atoms with Crippen LogP contribution < -0.4 is 15.6 Å². The lowest BCUT2D eigenvalue weighted by Crippen LogP contribution is -2.41. The highest BCUT2D eigenvalue weighted by atomic mass is 16.7. The summed E-state index contributed by atoms with van der Waals surface area (Å²) >= 11 is 0. The van der Waals surface area contributed by atoms with E-state index in [1.165, 1.54) is 0 Å². The lowest BCUT2D eigenvalue weighted by molar-refractivity contribution is -0.497. The Kier molecular flexibility index (Phi) is 3.32. The monoisotopic (exact) mass is 332 g/mol. The number of hydrazine groups is 1. The molecule has 4 rings (SSSR count). The van der Waals surface area contributed by atoms with Gasteiger partial charge in [-0.3, -0.25) is 0 Å². The number of nitrogens with zero attached hydrogens (tertiary/aromatic N) is 6. The number of hydrogen-bond donors (Lipinski definition) is 2. The SMILES string of the molecule is CC1CNc2c(Nc3cnn4c3N([N+](=O)[O-])CC(C)C4)cnn2C1. The zero-order valence-electron chi connectivity index (χ0n) is 13.6. The van der Waals surface area contributed by atoms with E-state index < -0.39 is 0 Å². The van der Waals surface area contributed by atoms with Crippen molar-refractivity contribution < 1.29 is 5.03 Å². The Morgan fingerprint density at radius 2 is 1.88 bits per heavy atom. The highest BCUT2D eigenvalue weighted by Gasteiger charge is 2.33. The van der Waals surface area contributed by atoms with E-state index in [4.69, 9.17) is 0 Å². The van der Waals surface area contributed by atoms with Gasteiger partial charge in [0, 0.05) is 19.6 Å². The third kappa shape index (κ3) is 2.34. The average Bonchev–Trinajstić information content (AvgIpc) is 3.11. The van der Waals surface area contributed by atoms with Gasteiger partial charge in [-0.2, -0.15) is 10.2 Å². The molecule has 2 N–H and O–H groups in total. The Balaban J connectivity index is 1.67. The molecule has 4 heterocycles. The number of fused-ring (bicyclic) bond motifs is 2. The zero-order chi connectivity index (χ0) is 16.8. The summed E-state index contributed by atoms with van der Waals surface area (Å²) in [5.74, 6) is 2.08. The van der Waals surface area contributed by atoms with Crippen LogP contribution in [0.1, 0.15) is 13.8 Å². The maximum Gasteiger partial charge on any atom is 0.216 e. The van der Waals surface area contributed by atoms with E-state index in [-0.39, 0.29) is 11.0 Å². The van der Waals surface area contributed by atoms with E-state index in [9.17, 15) is 10.1 Å². The summed E-state index contributed by atoms with van der Waals surface area (Å²) in [5, 5.41) is 27.5. The van der Waals surface area contributed by atoms with Crippen molar-refractivity contribution in [3.8, 4) is 0 Å². The minimum absolute atomic E-state index is 0.169. The van der Waals surface area contributed by atoms with Crippen molar-refractivity contribution in [2.24, 2.45) is 11.8 Å². The number of aromatic nitrogens is 4. The Morgan fingerprint density at radius 1 is 1.17 bits per heavy atom. The van der Waals surface area contributed by atoms with Crippen molar-refractivity contribution >= 4 is 23.0 Å². The molecule has 128 valence electrons. The first kappa shape index (κ1) is 14.8. The largest absolute Gasteiger partial charge is 0.368 e. The smallest absolute Gasteiger partial charge is 0.216 e. The Bertz CT molecular complexity index is 782. The Morgan fingerprint density at radius 3 is 2.67 bits per heavy atom. The van der Waals surface area contributed by atoms with E-state index in [2.05, 4.69) is 27.8 Å². The molecule has 0 radical (unpaired) electrons. The van der Waals surface area contributed by atoms with Gasteiger partial charge in [-0.1, -0.05) is 18.9 Å². The third-order valence-corrected chi connectivity index (χ3v) is 4.43. The number of nitro groups is 1. The van der Waals surface area contributed by atoms with Crippen LogP contribution in [-0.4, -0.2) is 37.7 Å². The molecule has 0 spiro atoms. The van der Waals surface area contributed by atoms with Crippen molar-refractivity contribution in [1.29, 1.82) is 0 Å². The van der Waals surface area contributed by atoms with E-state index in [1.807, 2.05) is 11.6 Å². The summed E-state index contributed by atoms with van der Waals surface area (Å²) in [6, 6.07) is 0. The predicted octanol–water partition coefficient (Wildman–Crippen LogP) is 1.53. The van der Waals surface area contributed by atoms with Gasteiger partial charge in [-0.15, -0.1) is 0 Å². The highest BCUT2D eigenvalue weighted by molar-refractivity contribution is 5.77.